The average molecular weight is 477 g/mol. The highest BCUT2D eigenvalue weighted by atomic mass is 16.6. The Kier molecular flexibility index (Phi) is 6.61. The number of hydrogen-bond acceptors (Lipinski definition) is 6. The number of benzene rings is 2. The molecule has 4 aliphatic rings. The summed E-state index contributed by atoms with van der Waals surface area (Å²) in [4.78, 5) is 0. The van der Waals surface area contributed by atoms with Crippen LogP contribution in [0.1, 0.15) is 24.0 Å². The van der Waals surface area contributed by atoms with Crippen LogP contribution in [-0.2, 0) is 18.9 Å². The predicted molar refractivity (Wildman–Crippen MR) is 131 cm³/mol. The van der Waals surface area contributed by atoms with Crippen molar-refractivity contribution in [1.29, 1.82) is 0 Å². The lowest BCUT2D eigenvalue weighted by molar-refractivity contribution is 0.0504. The zero-order chi connectivity index (χ0) is 23.6. The van der Waals surface area contributed by atoms with Gasteiger partial charge in [-0.05, 0) is 41.0 Å². The third kappa shape index (κ3) is 6.14. The van der Waals surface area contributed by atoms with Gasteiger partial charge in [0.25, 0.3) is 0 Å². The first-order valence-corrected chi connectivity index (χ1v) is 12.5. The van der Waals surface area contributed by atoms with Gasteiger partial charge in [0.15, 0.2) is 0 Å². The van der Waals surface area contributed by atoms with Gasteiger partial charge in [0.1, 0.15) is 43.0 Å². The van der Waals surface area contributed by atoms with E-state index in [2.05, 4.69) is 73.7 Å². The summed E-state index contributed by atoms with van der Waals surface area (Å²) in [5.41, 5.74) is 3.70. The fourth-order valence-electron chi connectivity index (χ4n) is 4.41. The third-order valence-electron chi connectivity index (χ3n) is 6.77. The summed E-state index contributed by atoms with van der Waals surface area (Å²) in [6.07, 6.45) is 7.58. The summed E-state index contributed by atoms with van der Waals surface area (Å²) >= 11 is 0. The topological polar surface area (TPSA) is 65.3 Å². The lowest BCUT2D eigenvalue weighted by atomic mass is 9.80. The van der Waals surface area contributed by atoms with Crippen LogP contribution in [0.4, 0.5) is 0 Å². The minimum Gasteiger partial charge on any atom is -0.491 e. The standard InChI is InChI=1S/C29H32O6/c1-19-12-22(6-11-28(19)35-18-27-17-34-27)29(20-2-7-23(8-3-20)30-13-25-15-32-25)21-4-9-24(10-5-21)31-14-26-16-33-26/h2-12,19,25-29H,13-18H2,1H3. The summed E-state index contributed by atoms with van der Waals surface area (Å²) in [7, 11) is 0. The Hall–Kier alpha value is -2.64. The molecule has 35 heavy (non-hydrogen) atoms. The van der Waals surface area contributed by atoms with Crippen molar-refractivity contribution in [2.24, 2.45) is 5.92 Å². The van der Waals surface area contributed by atoms with Crippen molar-refractivity contribution in [2.75, 3.05) is 39.6 Å². The second-order valence-corrected chi connectivity index (χ2v) is 9.74. The SMILES string of the molecule is CC1C=C(C(c2ccc(OCC3CO3)cc2)c2ccc(OCC3CO3)cc2)C=CC1OCC1CO1. The number of ether oxygens (including phenoxy) is 6. The molecule has 3 fully saturated rings. The van der Waals surface area contributed by atoms with Crippen molar-refractivity contribution >= 4 is 0 Å². The van der Waals surface area contributed by atoms with Crippen LogP contribution >= 0.6 is 0 Å². The van der Waals surface area contributed by atoms with Crippen LogP contribution < -0.4 is 9.47 Å². The van der Waals surface area contributed by atoms with Crippen LogP contribution in [0.3, 0.4) is 0 Å². The number of allylic oxidation sites excluding steroid dienone is 2. The molecule has 0 aromatic heterocycles. The summed E-state index contributed by atoms with van der Waals surface area (Å²) in [5.74, 6) is 2.11. The van der Waals surface area contributed by atoms with Crippen LogP contribution in [0.15, 0.2) is 72.3 Å². The van der Waals surface area contributed by atoms with Gasteiger partial charge >= 0.3 is 0 Å². The van der Waals surface area contributed by atoms with Crippen molar-refractivity contribution in [3.05, 3.63) is 83.5 Å². The van der Waals surface area contributed by atoms with Crippen molar-refractivity contribution in [3.63, 3.8) is 0 Å². The quantitative estimate of drug-likeness (QED) is 0.426. The maximum absolute atomic E-state index is 6.08. The van der Waals surface area contributed by atoms with E-state index in [1.807, 2.05) is 0 Å². The molecular weight excluding hydrogens is 444 g/mol. The first-order chi connectivity index (χ1) is 17.2. The molecule has 0 N–H and O–H groups in total. The maximum Gasteiger partial charge on any atom is 0.119 e. The minimum absolute atomic E-state index is 0.0736. The molecule has 6 nitrogen and oxygen atoms in total. The molecule has 3 aliphatic heterocycles. The van der Waals surface area contributed by atoms with E-state index in [0.29, 0.717) is 19.8 Å². The zero-order valence-electron chi connectivity index (χ0n) is 20.0. The van der Waals surface area contributed by atoms with Crippen LogP contribution in [-0.4, -0.2) is 64.1 Å². The van der Waals surface area contributed by atoms with Gasteiger partial charge in [0.2, 0.25) is 0 Å². The van der Waals surface area contributed by atoms with E-state index in [1.165, 1.54) is 16.7 Å². The van der Waals surface area contributed by atoms with Crippen molar-refractivity contribution in [1.82, 2.24) is 0 Å². The molecule has 3 saturated heterocycles. The molecular formula is C29H32O6. The highest BCUT2D eigenvalue weighted by Gasteiger charge is 2.28. The van der Waals surface area contributed by atoms with Crippen LogP contribution in [0.2, 0.25) is 0 Å². The summed E-state index contributed by atoms with van der Waals surface area (Å²) in [5, 5.41) is 0. The lowest BCUT2D eigenvalue weighted by Gasteiger charge is -2.28. The summed E-state index contributed by atoms with van der Waals surface area (Å²) in [6.45, 7) is 6.49. The van der Waals surface area contributed by atoms with Gasteiger partial charge in [-0.15, -0.1) is 0 Å². The predicted octanol–water partition coefficient (Wildman–Crippen LogP) is 4.29. The first-order valence-electron chi connectivity index (χ1n) is 12.5. The molecule has 0 radical (unpaired) electrons. The molecule has 0 spiro atoms. The summed E-state index contributed by atoms with van der Waals surface area (Å²) < 4.78 is 33.6. The normalized spacial score (nSPS) is 29.3. The summed E-state index contributed by atoms with van der Waals surface area (Å²) in [6, 6.07) is 16.9. The fourth-order valence-corrected chi connectivity index (χ4v) is 4.41. The monoisotopic (exact) mass is 476 g/mol. The third-order valence-corrected chi connectivity index (χ3v) is 6.77. The highest BCUT2D eigenvalue weighted by molar-refractivity contribution is 5.48. The molecule has 0 amide bonds. The first kappa shape index (κ1) is 22.8. The molecule has 3 heterocycles. The van der Waals surface area contributed by atoms with Gasteiger partial charge in [-0.1, -0.05) is 49.4 Å². The molecule has 6 heteroatoms. The van der Waals surface area contributed by atoms with E-state index < -0.39 is 0 Å². The van der Waals surface area contributed by atoms with E-state index in [0.717, 1.165) is 31.3 Å². The average Bonchev–Trinajstić information content (AvgIpc) is 3.74. The minimum atomic E-state index is 0.0736. The maximum atomic E-state index is 6.08. The van der Waals surface area contributed by atoms with Gasteiger partial charge in [-0.3, -0.25) is 0 Å². The van der Waals surface area contributed by atoms with Crippen molar-refractivity contribution in [3.8, 4) is 11.5 Å². The molecule has 5 atom stereocenters. The lowest BCUT2D eigenvalue weighted by Crippen LogP contribution is -2.24. The van der Waals surface area contributed by atoms with Crippen LogP contribution in [0.25, 0.3) is 0 Å². The van der Waals surface area contributed by atoms with E-state index >= 15 is 0 Å². The Morgan fingerprint density at radius 1 is 0.743 bits per heavy atom. The number of rotatable bonds is 12. The van der Waals surface area contributed by atoms with Gasteiger partial charge < -0.3 is 28.4 Å². The molecule has 184 valence electrons. The van der Waals surface area contributed by atoms with E-state index in [1.54, 1.807) is 0 Å². The van der Waals surface area contributed by atoms with Crippen LogP contribution in [0, 0.1) is 5.92 Å². The Bertz CT molecular complexity index is 988. The smallest absolute Gasteiger partial charge is 0.119 e. The fraction of sp³-hybridized carbons (Fsp3) is 0.448. The Morgan fingerprint density at radius 3 is 1.69 bits per heavy atom. The van der Waals surface area contributed by atoms with Crippen LogP contribution in [0.5, 0.6) is 11.5 Å². The zero-order valence-corrected chi connectivity index (χ0v) is 20.0. The van der Waals surface area contributed by atoms with Gasteiger partial charge in [-0.25, -0.2) is 0 Å². The Balaban J connectivity index is 1.21. The second-order valence-electron chi connectivity index (χ2n) is 9.74. The van der Waals surface area contributed by atoms with Crippen molar-refractivity contribution < 1.29 is 28.4 Å². The number of hydrogen-bond donors (Lipinski definition) is 0. The van der Waals surface area contributed by atoms with Gasteiger partial charge in [0.05, 0.1) is 32.5 Å². The van der Waals surface area contributed by atoms with Gasteiger partial charge in [-0.2, -0.15) is 0 Å². The molecule has 5 unspecified atom stereocenters. The number of epoxide rings is 3. The Labute approximate surface area is 206 Å². The molecule has 1 aliphatic carbocycles. The molecule has 2 aromatic rings. The van der Waals surface area contributed by atoms with Gasteiger partial charge in [0, 0.05) is 11.8 Å². The second kappa shape index (κ2) is 10.2. The van der Waals surface area contributed by atoms with Crippen molar-refractivity contribution in [2.45, 2.75) is 37.3 Å². The molecule has 6 rings (SSSR count). The van der Waals surface area contributed by atoms with E-state index in [4.69, 9.17) is 28.4 Å². The van der Waals surface area contributed by atoms with E-state index in [-0.39, 0.29) is 36.3 Å². The largest absolute Gasteiger partial charge is 0.491 e. The molecule has 2 aromatic carbocycles. The Morgan fingerprint density at radius 2 is 1.23 bits per heavy atom. The molecule has 0 saturated carbocycles. The molecule has 0 bridgehead atoms. The highest BCUT2D eigenvalue weighted by Crippen LogP contribution is 2.37. The van der Waals surface area contributed by atoms with E-state index in [9.17, 15) is 0 Å².